The van der Waals surface area contributed by atoms with Gasteiger partial charge in [0.2, 0.25) is 0 Å². The minimum atomic E-state index is -0.388. The molecule has 3 aromatic rings. The van der Waals surface area contributed by atoms with Gasteiger partial charge in [-0.15, -0.1) is 6.58 Å². The third-order valence-corrected chi connectivity index (χ3v) is 4.00. The molecule has 0 aliphatic carbocycles. The summed E-state index contributed by atoms with van der Waals surface area (Å²) < 4.78 is 5.51. The third kappa shape index (κ3) is 4.73. The number of hydrogen-bond donors (Lipinski definition) is 2. The number of carbonyl (C=O) groups is 1. The molecule has 2 N–H and O–H groups in total. The van der Waals surface area contributed by atoms with E-state index in [4.69, 9.17) is 4.74 Å². The summed E-state index contributed by atoms with van der Waals surface area (Å²) in [5.74, 6) is 0.353. The van der Waals surface area contributed by atoms with E-state index in [1.165, 1.54) is 6.21 Å². The Morgan fingerprint density at radius 2 is 1.93 bits per heavy atom. The summed E-state index contributed by atoms with van der Waals surface area (Å²) in [5, 5.41) is 16.2. The van der Waals surface area contributed by atoms with Crippen molar-refractivity contribution in [2.24, 2.45) is 5.10 Å². The molecule has 0 saturated heterocycles. The van der Waals surface area contributed by atoms with Crippen molar-refractivity contribution in [1.82, 2.24) is 5.43 Å². The predicted molar refractivity (Wildman–Crippen MR) is 107 cm³/mol. The molecule has 0 radical (unpaired) electrons. The van der Waals surface area contributed by atoms with Crippen LogP contribution in [0.1, 0.15) is 11.1 Å². The van der Waals surface area contributed by atoms with E-state index in [0.29, 0.717) is 17.7 Å². The zero-order chi connectivity index (χ0) is 19.1. The smallest absolute Gasteiger partial charge is 0.277 e. The van der Waals surface area contributed by atoms with Gasteiger partial charge < -0.3 is 9.84 Å². The second kappa shape index (κ2) is 8.67. The number of hydrazone groups is 1. The van der Waals surface area contributed by atoms with Crippen LogP contribution in [0.2, 0.25) is 0 Å². The zero-order valence-electron chi connectivity index (χ0n) is 14.8. The molecule has 0 heterocycles. The van der Waals surface area contributed by atoms with Crippen molar-refractivity contribution in [1.29, 1.82) is 0 Å². The number of rotatable bonds is 7. The lowest BCUT2D eigenvalue weighted by Gasteiger charge is -2.07. The molecule has 0 fully saturated rings. The average Bonchev–Trinajstić information content (AvgIpc) is 2.69. The highest BCUT2D eigenvalue weighted by molar-refractivity contribution is 5.86. The van der Waals surface area contributed by atoms with Crippen LogP contribution in [0.15, 0.2) is 78.4 Å². The molecule has 1 amide bonds. The number of amides is 1. The molecule has 0 aromatic heterocycles. The van der Waals surface area contributed by atoms with Gasteiger partial charge in [0.25, 0.3) is 5.91 Å². The maximum absolute atomic E-state index is 11.9. The van der Waals surface area contributed by atoms with Crippen LogP contribution in [-0.4, -0.2) is 23.8 Å². The first-order chi connectivity index (χ1) is 13.2. The van der Waals surface area contributed by atoms with E-state index in [1.54, 1.807) is 12.1 Å². The Labute approximate surface area is 157 Å². The fraction of sp³-hybridized carbons (Fsp3) is 0.0909. The molecule has 3 rings (SSSR count). The largest absolute Gasteiger partial charge is 0.507 e. The molecule has 0 aliphatic heterocycles. The van der Waals surface area contributed by atoms with Crippen LogP contribution in [0.25, 0.3) is 10.8 Å². The highest BCUT2D eigenvalue weighted by atomic mass is 16.5. The Hall–Kier alpha value is -3.60. The van der Waals surface area contributed by atoms with Gasteiger partial charge in [-0.3, -0.25) is 4.79 Å². The minimum Gasteiger partial charge on any atom is -0.507 e. The fourth-order valence-electron chi connectivity index (χ4n) is 2.65. The minimum absolute atomic E-state index is 0.128. The van der Waals surface area contributed by atoms with Gasteiger partial charge in [0.1, 0.15) is 11.5 Å². The highest BCUT2D eigenvalue weighted by Crippen LogP contribution is 2.22. The van der Waals surface area contributed by atoms with Gasteiger partial charge in [-0.2, -0.15) is 5.10 Å². The standard InChI is InChI=1S/C22H20N2O3/c1-2-6-17-9-5-10-19(22(17)26)14-23-24-21(25)15-27-20-12-11-16-7-3-4-8-18(16)13-20/h2-5,7-14,26H,1,6,15H2,(H,24,25). The van der Waals surface area contributed by atoms with Crippen molar-refractivity contribution in [3.05, 3.63) is 84.4 Å². The van der Waals surface area contributed by atoms with Gasteiger partial charge in [0.05, 0.1) is 6.21 Å². The maximum Gasteiger partial charge on any atom is 0.277 e. The Balaban J connectivity index is 1.55. The summed E-state index contributed by atoms with van der Waals surface area (Å²) in [4.78, 5) is 11.9. The van der Waals surface area contributed by atoms with Crippen LogP contribution in [0.4, 0.5) is 0 Å². The second-order valence-electron chi connectivity index (χ2n) is 5.94. The number of nitrogens with one attached hydrogen (secondary N) is 1. The van der Waals surface area contributed by atoms with Crippen LogP contribution in [0.3, 0.4) is 0 Å². The van der Waals surface area contributed by atoms with Gasteiger partial charge in [-0.1, -0.05) is 48.5 Å². The van der Waals surface area contributed by atoms with Crippen molar-refractivity contribution in [2.45, 2.75) is 6.42 Å². The van der Waals surface area contributed by atoms with Crippen LogP contribution in [-0.2, 0) is 11.2 Å². The highest BCUT2D eigenvalue weighted by Gasteiger charge is 2.05. The molecular weight excluding hydrogens is 340 g/mol. The van der Waals surface area contributed by atoms with Crippen LogP contribution in [0.5, 0.6) is 11.5 Å². The molecule has 5 nitrogen and oxygen atoms in total. The van der Waals surface area contributed by atoms with E-state index in [-0.39, 0.29) is 18.3 Å². The summed E-state index contributed by atoms with van der Waals surface area (Å²) in [7, 11) is 0. The second-order valence-corrected chi connectivity index (χ2v) is 5.94. The van der Waals surface area contributed by atoms with E-state index in [2.05, 4.69) is 17.1 Å². The number of aromatic hydroxyl groups is 1. The zero-order valence-corrected chi connectivity index (χ0v) is 14.8. The summed E-state index contributed by atoms with van der Waals surface area (Å²) >= 11 is 0. The summed E-state index contributed by atoms with van der Waals surface area (Å²) in [5.41, 5.74) is 3.66. The molecule has 5 heteroatoms. The Kier molecular flexibility index (Phi) is 5.84. The third-order valence-electron chi connectivity index (χ3n) is 4.00. The Bertz CT molecular complexity index is 996. The van der Waals surface area contributed by atoms with Crippen molar-refractivity contribution >= 4 is 22.9 Å². The molecule has 0 spiro atoms. The number of hydrogen-bond acceptors (Lipinski definition) is 4. The first-order valence-electron chi connectivity index (χ1n) is 8.52. The molecule has 0 bridgehead atoms. The van der Waals surface area contributed by atoms with Gasteiger partial charge in [0, 0.05) is 5.56 Å². The Morgan fingerprint density at radius 3 is 2.74 bits per heavy atom. The number of fused-ring (bicyclic) bond motifs is 1. The number of phenolic OH excluding ortho intramolecular Hbond substituents is 1. The van der Waals surface area contributed by atoms with E-state index in [9.17, 15) is 9.90 Å². The number of nitrogens with zero attached hydrogens (tertiary/aromatic N) is 1. The molecule has 136 valence electrons. The molecule has 27 heavy (non-hydrogen) atoms. The first-order valence-corrected chi connectivity index (χ1v) is 8.52. The van der Waals surface area contributed by atoms with Crippen molar-refractivity contribution in [2.75, 3.05) is 6.61 Å². The molecule has 0 unspecified atom stereocenters. The normalized spacial score (nSPS) is 10.8. The summed E-state index contributed by atoms with van der Waals surface area (Å²) in [6.45, 7) is 3.50. The average molecular weight is 360 g/mol. The van der Waals surface area contributed by atoms with E-state index in [1.807, 2.05) is 54.6 Å². The number of phenols is 1. The number of para-hydroxylation sites is 1. The lowest BCUT2D eigenvalue weighted by molar-refractivity contribution is -0.123. The van der Waals surface area contributed by atoms with Crippen LogP contribution < -0.4 is 10.2 Å². The predicted octanol–water partition coefficient (Wildman–Crippen LogP) is 3.80. The Morgan fingerprint density at radius 1 is 1.11 bits per heavy atom. The van der Waals surface area contributed by atoms with Crippen molar-refractivity contribution < 1.29 is 14.6 Å². The topological polar surface area (TPSA) is 70.9 Å². The molecule has 3 aromatic carbocycles. The van der Waals surface area contributed by atoms with Gasteiger partial charge in [-0.05, 0) is 41.0 Å². The molecule has 0 atom stereocenters. The summed E-state index contributed by atoms with van der Waals surface area (Å²) in [6, 6.07) is 18.9. The monoisotopic (exact) mass is 360 g/mol. The number of benzene rings is 3. The number of ether oxygens (including phenoxy) is 1. The van der Waals surface area contributed by atoms with Crippen molar-refractivity contribution in [3.63, 3.8) is 0 Å². The quantitative estimate of drug-likeness (QED) is 0.382. The summed E-state index contributed by atoms with van der Waals surface area (Å²) in [6.07, 6.45) is 3.66. The lowest BCUT2D eigenvalue weighted by Crippen LogP contribution is -2.24. The SMILES string of the molecule is C=CCc1cccc(C=NNC(=O)COc2ccc3ccccc3c2)c1O. The molecular formula is C22H20N2O3. The van der Waals surface area contributed by atoms with Gasteiger partial charge >= 0.3 is 0 Å². The van der Waals surface area contributed by atoms with E-state index < -0.39 is 0 Å². The number of allylic oxidation sites excluding steroid dienone is 1. The van der Waals surface area contributed by atoms with Crippen LogP contribution in [0, 0.1) is 0 Å². The molecule has 0 saturated carbocycles. The van der Waals surface area contributed by atoms with Gasteiger partial charge in [-0.25, -0.2) is 5.43 Å². The fourth-order valence-corrected chi connectivity index (χ4v) is 2.65. The number of carbonyl (C=O) groups excluding carboxylic acids is 1. The van der Waals surface area contributed by atoms with Gasteiger partial charge in [0.15, 0.2) is 6.61 Å². The van der Waals surface area contributed by atoms with E-state index >= 15 is 0 Å². The molecule has 0 aliphatic rings. The van der Waals surface area contributed by atoms with Crippen LogP contribution >= 0.6 is 0 Å². The van der Waals surface area contributed by atoms with E-state index in [0.717, 1.165) is 16.3 Å². The first kappa shape index (κ1) is 18.2. The maximum atomic E-state index is 11.9. The van der Waals surface area contributed by atoms with Crippen molar-refractivity contribution in [3.8, 4) is 11.5 Å². The lowest BCUT2D eigenvalue weighted by atomic mass is 10.1.